The smallest absolute Gasteiger partial charge is 0.227 e. The van der Waals surface area contributed by atoms with Crippen molar-refractivity contribution in [3.63, 3.8) is 0 Å². The maximum Gasteiger partial charge on any atom is 0.227 e. The molecule has 1 aromatic carbocycles. The third kappa shape index (κ3) is 2.61. The van der Waals surface area contributed by atoms with E-state index in [1.165, 1.54) is 0 Å². The molecular formula is C15H18N2O3. The Morgan fingerprint density at radius 3 is 2.90 bits per heavy atom. The summed E-state index contributed by atoms with van der Waals surface area (Å²) < 4.78 is 5.17. The van der Waals surface area contributed by atoms with Gasteiger partial charge in [-0.05, 0) is 25.0 Å². The Balaban J connectivity index is 1.70. The molecule has 5 nitrogen and oxygen atoms in total. The van der Waals surface area contributed by atoms with Crippen molar-refractivity contribution in [2.75, 3.05) is 18.6 Å². The molecule has 1 aliphatic heterocycles. The van der Waals surface area contributed by atoms with E-state index in [1.54, 1.807) is 12.0 Å². The minimum absolute atomic E-state index is 0.00537. The van der Waals surface area contributed by atoms with Gasteiger partial charge in [0.25, 0.3) is 0 Å². The van der Waals surface area contributed by atoms with Crippen LogP contribution in [0, 0.1) is 5.92 Å². The Morgan fingerprint density at radius 1 is 1.40 bits per heavy atom. The van der Waals surface area contributed by atoms with Gasteiger partial charge in [0.05, 0.1) is 13.0 Å². The van der Waals surface area contributed by atoms with Crippen LogP contribution >= 0.6 is 0 Å². The number of hydrogen-bond donors (Lipinski definition) is 1. The van der Waals surface area contributed by atoms with E-state index in [-0.39, 0.29) is 24.2 Å². The third-order valence-corrected chi connectivity index (χ3v) is 3.78. The van der Waals surface area contributed by atoms with Crippen molar-refractivity contribution >= 4 is 17.5 Å². The second kappa shape index (κ2) is 5.15. The molecule has 0 bridgehead atoms. The van der Waals surface area contributed by atoms with E-state index >= 15 is 0 Å². The summed E-state index contributed by atoms with van der Waals surface area (Å²) in [5.74, 6) is 0.468. The topological polar surface area (TPSA) is 58.6 Å². The fraction of sp³-hybridized carbons (Fsp3) is 0.467. The zero-order valence-electron chi connectivity index (χ0n) is 11.5. The molecule has 0 unspecified atom stereocenters. The lowest BCUT2D eigenvalue weighted by molar-refractivity contribution is -0.126. The van der Waals surface area contributed by atoms with Crippen LogP contribution in [0.4, 0.5) is 5.69 Å². The summed E-state index contributed by atoms with van der Waals surface area (Å²) in [4.78, 5) is 25.8. The molecule has 1 heterocycles. The number of carbonyl (C=O) groups excluding carboxylic acids is 2. The molecule has 1 atom stereocenters. The molecule has 3 rings (SSSR count). The van der Waals surface area contributed by atoms with E-state index in [0.717, 1.165) is 18.5 Å². The first-order chi connectivity index (χ1) is 9.67. The van der Waals surface area contributed by atoms with Gasteiger partial charge in [0.1, 0.15) is 5.75 Å². The first-order valence-corrected chi connectivity index (χ1v) is 6.92. The Hall–Kier alpha value is -2.04. The molecule has 20 heavy (non-hydrogen) atoms. The van der Waals surface area contributed by atoms with Crippen LogP contribution in [-0.2, 0) is 9.59 Å². The van der Waals surface area contributed by atoms with Crippen LogP contribution in [0.15, 0.2) is 24.3 Å². The highest BCUT2D eigenvalue weighted by Crippen LogP contribution is 2.28. The molecule has 0 aromatic heterocycles. The molecule has 2 aliphatic rings. The zero-order chi connectivity index (χ0) is 14.1. The highest BCUT2D eigenvalue weighted by atomic mass is 16.5. The van der Waals surface area contributed by atoms with Crippen molar-refractivity contribution in [3.8, 4) is 5.75 Å². The lowest BCUT2D eigenvalue weighted by Gasteiger charge is -2.17. The number of amides is 2. The molecule has 0 spiro atoms. The number of nitrogens with zero attached hydrogens (tertiary/aromatic N) is 1. The number of ether oxygens (including phenoxy) is 1. The molecule has 5 heteroatoms. The van der Waals surface area contributed by atoms with E-state index < -0.39 is 0 Å². The summed E-state index contributed by atoms with van der Waals surface area (Å²) in [6, 6.07) is 7.70. The maximum absolute atomic E-state index is 12.1. The Bertz CT molecular complexity index is 540. The number of anilines is 1. The molecule has 2 amide bonds. The molecule has 0 radical (unpaired) electrons. The SMILES string of the molecule is COc1cccc(N2C[C@H](C(=O)NC3CC3)CC2=O)c1. The van der Waals surface area contributed by atoms with E-state index in [1.807, 2.05) is 24.3 Å². The summed E-state index contributed by atoms with van der Waals surface area (Å²) in [7, 11) is 1.59. The fourth-order valence-electron chi connectivity index (χ4n) is 2.46. The van der Waals surface area contributed by atoms with Gasteiger partial charge in [-0.15, -0.1) is 0 Å². The summed E-state index contributed by atoms with van der Waals surface area (Å²) in [6.45, 7) is 0.449. The van der Waals surface area contributed by atoms with Gasteiger partial charge in [0, 0.05) is 30.8 Å². The van der Waals surface area contributed by atoms with Gasteiger partial charge >= 0.3 is 0 Å². The van der Waals surface area contributed by atoms with Gasteiger partial charge in [-0.1, -0.05) is 6.07 Å². The van der Waals surface area contributed by atoms with Crippen LogP contribution < -0.4 is 15.0 Å². The van der Waals surface area contributed by atoms with Crippen LogP contribution in [0.1, 0.15) is 19.3 Å². The van der Waals surface area contributed by atoms with Crippen molar-refractivity contribution in [2.24, 2.45) is 5.92 Å². The van der Waals surface area contributed by atoms with Crippen molar-refractivity contribution in [1.82, 2.24) is 5.32 Å². The van der Waals surface area contributed by atoms with Crippen LogP contribution in [0.3, 0.4) is 0 Å². The quantitative estimate of drug-likeness (QED) is 0.901. The minimum Gasteiger partial charge on any atom is -0.497 e. The summed E-state index contributed by atoms with van der Waals surface area (Å²) in [5.41, 5.74) is 0.788. The number of benzene rings is 1. The van der Waals surface area contributed by atoms with Gasteiger partial charge in [-0.3, -0.25) is 9.59 Å². The Labute approximate surface area is 117 Å². The first kappa shape index (κ1) is 13.0. The largest absolute Gasteiger partial charge is 0.497 e. The lowest BCUT2D eigenvalue weighted by Crippen LogP contribution is -2.34. The molecule has 1 aliphatic carbocycles. The van der Waals surface area contributed by atoms with Crippen molar-refractivity contribution in [1.29, 1.82) is 0 Å². The lowest BCUT2D eigenvalue weighted by atomic mass is 10.1. The van der Waals surface area contributed by atoms with Gasteiger partial charge < -0.3 is 15.0 Å². The second-order valence-corrected chi connectivity index (χ2v) is 5.39. The number of hydrogen-bond acceptors (Lipinski definition) is 3. The van der Waals surface area contributed by atoms with Gasteiger partial charge in [-0.25, -0.2) is 0 Å². The summed E-state index contributed by atoms with van der Waals surface area (Å²) in [6.07, 6.45) is 2.41. The predicted octanol–water partition coefficient (Wildman–Crippen LogP) is 1.33. The number of carbonyl (C=O) groups is 2. The van der Waals surface area contributed by atoms with Crippen molar-refractivity contribution < 1.29 is 14.3 Å². The third-order valence-electron chi connectivity index (χ3n) is 3.78. The van der Waals surface area contributed by atoms with Crippen molar-refractivity contribution in [3.05, 3.63) is 24.3 Å². The Morgan fingerprint density at radius 2 is 2.20 bits per heavy atom. The van der Waals surface area contributed by atoms with Crippen LogP contribution in [0.25, 0.3) is 0 Å². The predicted molar refractivity (Wildman–Crippen MR) is 74.6 cm³/mol. The maximum atomic E-state index is 12.1. The van der Waals surface area contributed by atoms with E-state index in [0.29, 0.717) is 18.3 Å². The highest BCUT2D eigenvalue weighted by molar-refractivity contribution is 6.00. The van der Waals surface area contributed by atoms with Crippen molar-refractivity contribution in [2.45, 2.75) is 25.3 Å². The van der Waals surface area contributed by atoms with E-state index in [2.05, 4.69) is 5.32 Å². The highest BCUT2D eigenvalue weighted by Gasteiger charge is 2.37. The minimum atomic E-state index is -0.241. The average Bonchev–Trinajstić information content (AvgIpc) is 3.18. The van der Waals surface area contributed by atoms with Crippen LogP contribution in [0.2, 0.25) is 0 Å². The van der Waals surface area contributed by atoms with E-state index in [9.17, 15) is 9.59 Å². The second-order valence-electron chi connectivity index (χ2n) is 5.39. The van der Waals surface area contributed by atoms with Crippen LogP contribution in [-0.4, -0.2) is 31.5 Å². The van der Waals surface area contributed by atoms with Crippen LogP contribution in [0.5, 0.6) is 5.75 Å². The van der Waals surface area contributed by atoms with Gasteiger partial charge in [0.15, 0.2) is 0 Å². The van der Waals surface area contributed by atoms with Gasteiger partial charge in [0.2, 0.25) is 11.8 Å². The summed E-state index contributed by atoms with van der Waals surface area (Å²) in [5, 5.41) is 2.97. The average molecular weight is 274 g/mol. The number of nitrogens with one attached hydrogen (secondary N) is 1. The molecule has 1 N–H and O–H groups in total. The molecule has 1 saturated heterocycles. The normalized spacial score (nSPS) is 21.9. The molecular weight excluding hydrogens is 256 g/mol. The fourth-order valence-corrected chi connectivity index (χ4v) is 2.46. The first-order valence-electron chi connectivity index (χ1n) is 6.92. The summed E-state index contributed by atoms with van der Waals surface area (Å²) >= 11 is 0. The van der Waals surface area contributed by atoms with E-state index in [4.69, 9.17) is 4.74 Å². The number of methoxy groups -OCH3 is 1. The molecule has 2 fully saturated rings. The molecule has 106 valence electrons. The Kier molecular flexibility index (Phi) is 3.34. The molecule has 1 saturated carbocycles. The number of rotatable bonds is 4. The zero-order valence-corrected chi connectivity index (χ0v) is 11.5. The monoisotopic (exact) mass is 274 g/mol. The standard InChI is InChI=1S/C15H18N2O3/c1-20-13-4-2-3-12(8-13)17-9-10(7-14(17)18)15(19)16-11-5-6-11/h2-4,8,10-11H,5-7,9H2,1H3,(H,16,19)/t10-/m1/s1. The molecule has 1 aromatic rings. The van der Waals surface area contributed by atoms with Gasteiger partial charge in [-0.2, -0.15) is 0 Å².